The van der Waals surface area contributed by atoms with E-state index in [1.807, 2.05) is 4.90 Å². The van der Waals surface area contributed by atoms with Crippen LogP contribution in [0.15, 0.2) is 29.2 Å². The van der Waals surface area contributed by atoms with Crippen LogP contribution in [-0.4, -0.2) is 37.3 Å². The Hall–Kier alpha value is -1.56. The zero-order chi connectivity index (χ0) is 15.6. The number of piperidine rings is 1. The van der Waals surface area contributed by atoms with Crippen molar-refractivity contribution in [3.05, 3.63) is 24.3 Å². The van der Waals surface area contributed by atoms with Crippen molar-refractivity contribution < 1.29 is 18.3 Å². The van der Waals surface area contributed by atoms with Crippen molar-refractivity contribution in [3.63, 3.8) is 0 Å². The number of aliphatic carboxylic acids is 1. The van der Waals surface area contributed by atoms with E-state index < -0.39 is 27.1 Å². The Kier molecular flexibility index (Phi) is 4.56. The van der Waals surface area contributed by atoms with Crippen molar-refractivity contribution >= 4 is 21.5 Å². The lowest BCUT2D eigenvalue weighted by atomic mass is 10.0. The third-order valence-corrected chi connectivity index (χ3v) is 6.08. The van der Waals surface area contributed by atoms with Crippen molar-refractivity contribution in [3.8, 4) is 0 Å². The number of carboxylic acid groups (broad SMARTS) is 1. The van der Waals surface area contributed by atoms with Gasteiger partial charge in [-0.3, -0.25) is 0 Å². The van der Waals surface area contributed by atoms with Gasteiger partial charge < -0.3 is 10.0 Å². The summed E-state index contributed by atoms with van der Waals surface area (Å²) in [6, 6.07) is 6.02. The largest absolute Gasteiger partial charge is 0.480 e. The maximum Gasteiger partial charge on any atom is 0.326 e. The summed E-state index contributed by atoms with van der Waals surface area (Å²) in [7, 11) is -3.29. The summed E-state index contributed by atoms with van der Waals surface area (Å²) in [4.78, 5) is 13.4. The minimum absolute atomic E-state index is 0.283. The summed E-state index contributed by atoms with van der Waals surface area (Å²) in [5.41, 5.74) is 0.768. The molecule has 1 atom stereocenters. The number of carbonyl (C=O) groups is 1. The van der Waals surface area contributed by atoms with Gasteiger partial charge in [0.25, 0.3) is 0 Å². The second-order valence-electron chi connectivity index (χ2n) is 5.63. The lowest BCUT2D eigenvalue weighted by molar-refractivity contribution is -0.139. The Morgan fingerprint density at radius 2 is 1.86 bits per heavy atom. The van der Waals surface area contributed by atoms with Crippen LogP contribution in [0.4, 0.5) is 5.69 Å². The minimum Gasteiger partial charge on any atom is -0.480 e. The molecule has 1 fully saturated rings. The van der Waals surface area contributed by atoms with Gasteiger partial charge in [-0.2, -0.15) is 0 Å². The van der Waals surface area contributed by atoms with Gasteiger partial charge in [0, 0.05) is 12.2 Å². The van der Waals surface area contributed by atoms with Crippen molar-refractivity contribution in [1.82, 2.24) is 0 Å². The first-order chi connectivity index (χ1) is 9.84. The molecule has 1 aromatic carbocycles. The van der Waals surface area contributed by atoms with Gasteiger partial charge in [0.1, 0.15) is 6.04 Å². The number of carboxylic acids is 1. The van der Waals surface area contributed by atoms with Crippen LogP contribution >= 0.6 is 0 Å². The highest BCUT2D eigenvalue weighted by Gasteiger charge is 2.29. The normalized spacial score (nSPS) is 19.8. The third-order valence-electron chi connectivity index (χ3n) is 3.91. The number of hydrogen-bond donors (Lipinski definition) is 1. The molecule has 2 rings (SSSR count). The molecule has 0 amide bonds. The van der Waals surface area contributed by atoms with Gasteiger partial charge in [-0.1, -0.05) is 0 Å². The predicted octanol–water partition coefficient (Wildman–Crippen LogP) is 2.31. The van der Waals surface area contributed by atoms with Crippen LogP contribution in [0.1, 0.15) is 33.1 Å². The first-order valence-electron chi connectivity index (χ1n) is 7.17. The summed E-state index contributed by atoms with van der Waals surface area (Å²) in [5.74, 6) is -0.825. The highest BCUT2D eigenvalue weighted by Crippen LogP contribution is 2.27. The number of hydrogen-bond acceptors (Lipinski definition) is 4. The summed E-state index contributed by atoms with van der Waals surface area (Å²) in [5, 5.41) is 8.82. The molecule has 0 bridgehead atoms. The SMILES string of the molecule is CC(C)S(=O)(=O)c1ccc(N2CCCCC2C(=O)O)cc1. The Morgan fingerprint density at radius 3 is 2.38 bits per heavy atom. The van der Waals surface area contributed by atoms with Crippen LogP contribution in [-0.2, 0) is 14.6 Å². The summed E-state index contributed by atoms with van der Waals surface area (Å²) < 4.78 is 24.2. The van der Waals surface area contributed by atoms with Crippen LogP contribution in [0.2, 0.25) is 0 Å². The molecule has 1 N–H and O–H groups in total. The van der Waals surface area contributed by atoms with Gasteiger partial charge in [-0.05, 0) is 57.4 Å². The van der Waals surface area contributed by atoms with Crippen LogP contribution < -0.4 is 4.90 Å². The Morgan fingerprint density at radius 1 is 1.24 bits per heavy atom. The fourth-order valence-electron chi connectivity index (χ4n) is 2.60. The minimum atomic E-state index is -3.29. The zero-order valence-electron chi connectivity index (χ0n) is 12.3. The molecule has 0 spiro atoms. The van der Waals surface area contributed by atoms with Crippen LogP contribution in [0, 0.1) is 0 Å². The molecule has 0 radical (unpaired) electrons. The molecule has 1 saturated heterocycles. The predicted molar refractivity (Wildman–Crippen MR) is 81.4 cm³/mol. The van der Waals surface area contributed by atoms with Crippen LogP contribution in [0.5, 0.6) is 0 Å². The van der Waals surface area contributed by atoms with Crippen LogP contribution in [0.25, 0.3) is 0 Å². The highest BCUT2D eigenvalue weighted by atomic mass is 32.2. The lowest BCUT2D eigenvalue weighted by Gasteiger charge is -2.34. The monoisotopic (exact) mass is 311 g/mol. The average Bonchev–Trinajstić information content (AvgIpc) is 2.47. The summed E-state index contributed by atoms with van der Waals surface area (Å²) in [6.45, 7) is 3.98. The van der Waals surface area contributed by atoms with Crippen molar-refractivity contribution in [2.24, 2.45) is 0 Å². The maximum atomic E-state index is 12.1. The van der Waals surface area contributed by atoms with Gasteiger partial charge in [0.15, 0.2) is 9.84 Å². The van der Waals surface area contributed by atoms with E-state index in [0.717, 1.165) is 18.5 Å². The molecule has 1 unspecified atom stereocenters. The van der Waals surface area contributed by atoms with E-state index in [2.05, 4.69) is 0 Å². The summed E-state index contributed by atoms with van der Waals surface area (Å²) in [6.07, 6.45) is 2.49. The number of nitrogens with zero attached hydrogens (tertiary/aromatic N) is 1. The highest BCUT2D eigenvalue weighted by molar-refractivity contribution is 7.92. The molecule has 0 aromatic heterocycles. The second-order valence-corrected chi connectivity index (χ2v) is 8.14. The average molecular weight is 311 g/mol. The maximum absolute atomic E-state index is 12.1. The standard InChI is InChI=1S/C15H21NO4S/c1-11(2)21(19,20)13-8-6-12(7-9-13)16-10-4-3-5-14(16)15(17)18/h6-9,11,14H,3-5,10H2,1-2H3,(H,17,18). The zero-order valence-corrected chi connectivity index (χ0v) is 13.1. The molecule has 5 nitrogen and oxygen atoms in total. The number of anilines is 1. The molecule has 0 aliphatic carbocycles. The van der Waals surface area contributed by atoms with Gasteiger partial charge in [0.05, 0.1) is 10.1 Å². The van der Waals surface area contributed by atoms with Gasteiger partial charge in [0.2, 0.25) is 0 Å². The fourth-order valence-corrected chi connectivity index (χ4v) is 3.66. The second kappa shape index (κ2) is 6.05. The molecule has 1 heterocycles. The van der Waals surface area contributed by atoms with E-state index >= 15 is 0 Å². The first kappa shape index (κ1) is 15.8. The number of benzene rings is 1. The topological polar surface area (TPSA) is 74.7 Å². The van der Waals surface area contributed by atoms with E-state index in [0.29, 0.717) is 13.0 Å². The molecular formula is C15H21NO4S. The molecule has 1 aliphatic heterocycles. The molecular weight excluding hydrogens is 290 g/mol. The van der Waals surface area contributed by atoms with E-state index in [1.165, 1.54) is 0 Å². The van der Waals surface area contributed by atoms with Gasteiger partial charge >= 0.3 is 5.97 Å². The lowest BCUT2D eigenvalue weighted by Crippen LogP contribution is -2.44. The Labute approximate surface area is 125 Å². The first-order valence-corrected chi connectivity index (χ1v) is 8.72. The molecule has 1 aliphatic rings. The Balaban J connectivity index is 2.28. The molecule has 116 valence electrons. The molecule has 1 aromatic rings. The number of sulfone groups is 1. The number of rotatable bonds is 4. The van der Waals surface area contributed by atoms with Crippen molar-refractivity contribution in [2.75, 3.05) is 11.4 Å². The van der Waals surface area contributed by atoms with Crippen molar-refractivity contribution in [2.45, 2.75) is 49.3 Å². The molecule has 0 saturated carbocycles. The van der Waals surface area contributed by atoms with Gasteiger partial charge in [-0.15, -0.1) is 0 Å². The fraction of sp³-hybridized carbons (Fsp3) is 0.533. The third kappa shape index (κ3) is 3.20. The quantitative estimate of drug-likeness (QED) is 0.923. The molecule has 21 heavy (non-hydrogen) atoms. The molecule has 6 heteroatoms. The van der Waals surface area contributed by atoms with E-state index in [-0.39, 0.29) is 4.90 Å². The van der Waals surface area contributed by atoms with E-state index in [9.17, 15) is 18.3 Å². The Bertz CT molecular complexity index is 607. The van der Waals surface area contributed by atoms with E-state index in [4.69, 9.17) is 0 Å². The van der Waals surface area contributed by atoms with Crippen LogP contribution in [0.3, 0.4) is 0 Å². The summed E-state index contributed by atoms with van der Waals surface area (Å²) >= 11 is 0. The van der Waals surface area contributed by atoms with E-state index in [1.54, 1.807) is 38.1 Å². The smallest absolute Gasteiger partial charge is 0.326 e. The van der Waals surface area contributed by atoms with Crippen molar-refractivity contribution in [1.29, 1.82) is 0 Å². The van der Waals surface area contributed by atoms with Gasteiger partial charge in [-0.25, -0.2) is 13.2 Å².